The van der Waals surface area contributed by atoms with Gasteiger partial charge in [-0.25, -0.2) is 0 Å². The lowest BCUT2D eigenvalue weighted by Gasteiger charge is -2.20. The Morgan fingerprint density at radius 3 is 2.77 bits per heavy atom. The van der Waals surface area contributed by atoms with Gasteiger partial charge in [-0.3, -0.25) is 9.59 Å². The van der Waals surface area contributed by atoms with Gasteiger partial charge in [0.25, 0.3) is 0 Å². The molecule has 0 spiro atoms. The summed E-state index contributed by atoms with van der Waals surface area (Å²) in [7, 11) is 1.53. The number of nitrogens with zero attached hydrogens (tertiary/aromatic N) is 1. The van der Waals surface area contributed by atoms with Crippen LogP contribution in [0.3, 0.4) is 0 Å². The molecule has 136 valence electrons. The van der Waals surface area contributed by atoms with Gasteiger partial charge >= 0.3 is 0 Å². The molecule has 2 aromatic carbocycles. The number of methoxy groups -OCH3 is 1. The minimum atomic E-state index is -0.395. The molecule has 26 heavy (non-hydrogen) atoms. The van der Waals surface area contributed by atoms with Gasteiger partial charge in [0.05, 0.1) is 18.1 Å². The van der Waals surface area contributed by atoms with Crippen LogP contribution in [0.25, 0.3) is 0 Å². The Labute approximate surface area is 157 Å². The second-order valence-electron chi connectivity index (χ2n) is 6.23. The Hall–Kier alpha value is -2.53. The van der Waals surface area contributed by atoms with Crippen molar-refractivity contribution in [3.63, 3.8) is 0 Å². The van der Waals surface area contributed by atoms with E-state index in [-0.39, 0.29) is 18.2 Å². The van der Waals surface area contributed by atoms with Gasteiger partial charge in [0, 0.05) is 24.3 Å². The van der Waals surface area contributed by atoms with E-state index in [0.29, 0.717) is 23.0 Å². The maximum atomic E-state index is 12.6. The number of ether oxygens (including phenoxy) is 1. The molecule has 1 aliphatic rings. The van der Waals surface area contributed by atoms with Crippen LogP contribution in [0.15, 0.2) is 42.5 Å². The topological polar surface area (TPSA) is 58.6 Å². The van der Waals surface area contributed by atoms with Crippen LogP contribution in [0, 0.1) is 5.92 Å². The number of halogens is 1. The predicted molar refractivity (Wildman–Crippen MR) is 103 cm³/mol. The van der Waals surface area contributed by atoms with Crippen LogP contribution < -0.4 is 15.0 Å². The van der Waals surface area contributed by atoms with Gasteiger partial charge in [-0.05, 0) is 36.2 Å². The van der Waals surface area contributed by atoms with E-state index in [9.17, 15) is 9.59 Å². The number of benzene rings is 2. The fourth-order valence-electron chi connectivity index (χ4n) is 3.18. The minimum absolute atomic E-state index is 0.0289. The number of hydrogen-bond acceptors (Lipinski definition) is 3. The molecule has 3 rings (SSSR count). The van der Waals surface area contributed by atoms with Gasteiger partial charge in [-0.15, -0.1) is 0 Å². The van der Waals surface area contributed by atoms with Crippen molar-refractivity contribution in [2.45, 2.75) is 19.8 Å². The molecule has 1 saturated heterocycles. The van der Waals surface area contributed by atoms with E-state index in [1.54, 1.807) is 23.1 Å². The number of rotatable bonds is 5. The molecular weight excluding hydrogens is 352 g/mol. The number of hydrogen-bond donors (Lipinski definition) is 1. The third-order valence-electron chi connectivity index (χ3n) is 4.58. The second-order valence-corrected chi connectivity index (χ2v) is 6.63. The van der Waals surface area contributed by atoms with Gasteiger partial charge in [-0.1, -0.05) is 36.7 Å². The summed E-state index contributed by atoms with van der Waals surface area (Å²) in [5.74, 6) is -0.0637. The first-order chi connectivity index (χ1) is 12.5. The van der Waals surface area contributed by atoms with E-state index in [2.05, 4.69) is 12.2 Å². The monoisotopic (exact) mass is 372 g/mol. The van der Waals surface area contributed by atoms with Crippen molar-refractivity contribution in [3.8, 4) is 5.75 Å². The van der Waals surface area contributed by atoms with Crippen molar-refractivity contribution >= 4 is 34.8 Å². The molecule has 1 atom stereocenters. The standard InChI is InChI=1S/C20H21ClN2O3/c1-3-13-6-4-5-7-17(13)23-12-14(10-19(23)24)20(25)22-15-8-9-18(26-2)16(21)11-15/h4-9,11,14H,3,10,12H2,1-2H3,(H,22,25). The molecule has 1 aliphatic heterocycles. The van der Waals surface area contributed by atoms with Crippen molar-refractivity contribution in [1.82, 2.24) is 0 Å². The molecule has 0 aromatic heterocycles. The Bertz CT molecular complexity index is 838. The predicted octanol–water partition coefficient (Wildman–Crippen LogP) is 3.90. The number of amides is 2. The van der Waals surface area contributed by atoms with Crippen molar-refractivity contribution < 1.29 is 14.3 Å². The highest BCUT2D eigenvalue weighted by atomic mass is 35.5. The lowest BCUT2D eigenvalue weighted by Crippen LogP contribution is -2.28. The van der Waals surface area contributed by atoms with Gasteiger partial charge in [0.15, 0.2) is 0 Å². The quantitative estimate of drug-likeness (QED) is 0.865. The van der Waals surface area contributed by atoms with Crippen LogP contribution in [-0.4, -0.2) is 25.5 Å². The van der Waals surface area contributed by atoms with Crippen molar-refractivity contribution in [2.24, 2.45) is 5.92 Å². The third-order valence-corrected chi connectivity index (χ3v) is 4.87. The van der Waals surface area contributed by atoms with Crippen molar-refractivity contribution in [3.05, 3.63) is 53.1 Å². The Morgan fingerprint density at radius 2 is 2.08 bits per heavy atom. The van der Waals surface area contributed by atoms with Gasteiger partial charge in [0.1, 0.15) is 5.75 Å². The summed E-state index contributed by atoms with van der Waals surface area (Å²) in [6.07, 6.45) is 1.04. The van der Waals surface area contributed by atoms with E-state index < -0.39 is 5.92 Å². The van der Waals surface area contributed by atoms with E-state index in [1.165, 1.54) is 7.11 Å². The normalized spacial score (nSPS) is 16.7. The summed E-state index contributed by atoms with van der Waals surface area (Å²) in [5.41, 5.74) is 2.58. The van der Waals surface area contributed by atoms with Crippen LogP contribution in [0.4, 0.5) is 11.4 Å². The lowest BCUT2D eigenvalue weighted by molar-refractivity contribution is -0.122. The third kappa shape index (κ3) is 3.68. The van der Waals surface area contributed by atoms with Crippen LogP contribution in [0.2, 0.25) is 5.02 Å². The molecule has 5 nitrogen and oxygen atoms in total. The summed E-state index contributed by atoms with van der Waals surface area (Å²) >= 11 is 6.09. The molecule has 1 N–H and O–H groups in total. The molecule has 6 heteroatoms. The summed E-state index contributed by atoms with van der Waals surface area (Å²) in [5, 5.41) is 3.26. The maximum absolute atomic E-state index is 12.6. The van der Waals surface area contributed by atoms with Gasteiger partial charge < -0.3 is 15.0 Å². The first-order valence-corrected chi connectivity index (χ1v) is 8.94. The van der Waals surface area contributed by atoms with Crippen molar-refractivity contribution in [2.75, 3.05) is 23.9 Å². The Kier molecular flexibility index (Phi) is 5.47. The minimum Gasteiger partial charge on any atom is -0.495 e. The zero-order valence-electron chi connectivity index (χ0n) is 14.8. The van der Waals surface area contributed by atoms with Crippen LogP contribution >= 0.6 is 11.6 Å². The van der Waals surface area contributed by atoms with Crippen LogP contribution in [0.1, 0.15) is 18.9 Å². The Morgan fingerprint density at radius 1 is 1.31 bits per heavy atom. The average Bonchev–Trinajstić information content (AvgIpc) is 3.03. The van der Waals surface area contributed by atoms with E-state index in [0.717, 1.165) is 17.7 Å². The van der Waals surface area contributed by atoms with E-state index >= 15 is 0 Å². The number of nitrogens with one attached hydrogen (secondary N) is 1. The molecule has 1 unspecified atom stereocenters. The summed E-state index contributed by atoms with van der Waals surface area (Å²) in [4.78, 5) is 26.8. The lowest BCUT2D eigenvalue weighted by atomic mass is 10.1. The van der Waals surface area contributed by atoms with Gasteiger partial charge in [-0.2, -0.15) is 0 Å². The largest absolute Gasteiger partial charge is 0.495 e. The van der Waals surface area contributed by atoms with Crippen LogP contribution in [-0.2, 0) is 16.0 Å². The van der Waals surface area contributed by atoms with Gasteiger partial charge in [0.2, 0.25) is 11.8 Å². The first kappa shape index (κ1) is 18.3. The average molecular weight is 373 g/mol. The van der Waals surface area contributed by atoms with E-state index in [4.69, 9.17) is 16.3 Å². The van der Waals surface area contributed by atoms with Crippen molar-refractivity contribution in [1.29, 1.82) is 0 Å². The van der Waals surface area contributed by atoms with E-state index in [1.807, 2.05) is 24.3 Å². The highest BCUT2D eigenvalue weighted by Crippen LogP contribution is 2.30. The second kappa shape index (κ2) is 7.79. The fraction of sp³-hybridized carbons (Fsp3) is 0.300. The number of aryl methyl sites for hydroxylation is 1. The molecule has 0 saturated carbocycles. The molecule has 0 radical (unpaired) electrons. The van der Waals surface area contributed by atoms with Crippen LogP contribution in [0.5, 0.6) is 5.75 Å². The summed E-state index contributed by atoms with van der Waals surface area (Å²) in [6.45, 7) is 2.43. The number of carbonyl (C=O) groups is 2. The SMILES string of the molecule is CCc1ccccc1N1CC(C(=O)Nc2ccc(OC)c(Cl)c2)CC1=O. The fourth-order valence-corrected chi connectivity index (χ4v) is 3.44. The molecular formula is C20H21ClN2O3. The molecule has 0 bridgehead atoms. The molecule has 1 heterocycles. The molecule has 2 aromatic rings. The Balaban J connectivity index is 1.72. The zero-order valence-corrected chi connectivity index (χ0v) is 15.5. The number of para-hydroxylation sites is 1. The summed E-state index contributed by atoms with van der Waals surface area (Å²) in [6, 6.07) is 12.9. The maximum Gasteiger partial charge on any atom is 0.229 e. The summed E-state index contributed by atoms with van der Waals surface area (Å²) < 4.78 is 5.11. The number of carbonyl (C=O) groups excluding carboxylic acids is 2. The molecule has 0 aliphatic carbocycles. The highest BCUT2D eigenvalue weighted by Gasteiger charge is 2.35. The zero-order chi connectivity index (χ0) is 18.7. The smallest absolute Gasteiger partial charge is 0.229 e. The highest BCUT2D eigenvalue weighted by molar-refractivity contribution is 6.32. The first-order valence-electron chi connectivity index (χ1n) is 8.56. The molecule has 1 fully saturated rings. The molecule has 2 amide bonds. The number of anilines is 2.